The molecule has 1 heterocycles. The van der Waals surface area contributed by atoms with Crippen molar-refractivity contribution in [3.05, 3.63) is 20.3 Å². The van der Waals surface area contributed by atoms with Gasteiger partial charge in [-0.3, -0.25) is 0 Å². The van der Waals surface area contributed by atoms with Crippen LogP contribution in [0.5, 0.6) is 0 Å². The first-order chi connectivity index (χ1) is 5.11. The number of aryl methyl sites for hydroxylation is 1. The molecule has 0 bridgehead atoms. The summed E-state index contributed by atoms with van der Waals surface area (Å²) in [6.07, 6.45) is 0.971. The summed E-state index contributed by atoms with van der Waals surface area (Å²) in [4.78, 5) is 1.36. The third kappa shape index (κ3) is 2.29. The Morgan fingerprint density at radius 2 is 2.36 bits per heavy atom. The molecule has 1 atom stereocenters. The van der Waals surface area contributed by atoms with Gasteiger partial charge >= 0.3 is 0 Å². The molecule has 62 valence electrons. The maximum atomic E-state index is 5.69. The normalized spacial score (nSPS) is 13.5. The molecule has 2 N–H and O–H groups in total. The fourth-order valence-electron chi connectivity index (χ4n) is 0.913. The highest BCUT2D eigenvalue weighted by Crippen LogP contribution is 2.28. The van der Waals surface area contributed by atoms with Gasteiger partial charge in [-0.2, -0.15) is 0 Å². The molecule has 0 aliphatic carbocycles. The molecular formula is C8H12BrNS. The lowest BCUT2D eigenvalue weighted by molar-refractivity contribution is 0.744. The summed E-state index contributed by atoms with van der Waals surface area (Å²) in [5.74, 6) is 0. The average Bonchev–Trinajstić information content (AvgIpc) is 2.18. The lowest BCUT2D eigenvalue weighted by Gasteiger charge is -2.02. The number of rotatable bonds is 2. The second-order valence-electron chi connectivity index (χ2n) is 2.84. The van der Waals surface area contributed by atoms with Crippen LogP contribution in [0.4, 0.5) is 0 Å². The summed E-state index contributed by atoms with van der Waals surface area (Å²) in [7, 11) is 0. The van der Waals surface area contributed by atoms with E-state index < -0.39 is 0 Å². The second kappa shape index (κ2) is 3.70. The molecule has 0 fully saturated rings. The highest BCUT2D eigenvalue weighted by Gasteiger charge is 2.06. The average molecular weight is 234 g/mol. The van der Waals surface area contributed by atoms with Crippen LogP contribution >= 0.6 is 27.3 Å². The largest absolute Gasteiger partial charge is 0.328 e. The molecule has 11 heavy (non-hydrogen) atoms. The Morgan fingerprint density at radius 1 is 1.73 bits per heavy atom. The van der Waals surface area contributed by atoms with E-state index in [1.54, 1.807) is 11.3 Å². The molecule has 0 aliphatic rings. The molecule has 0 spiro atoms. The minimum Gasteiger partial charge on any atom is -0.328 e. The van der Waals surface area contributed by atoms with Gasteiger partial charge in [0.05, 0.1) is 0 Å². The minimum atomic E-state index is 0.254. The van der Waals surface area contributed by atoms with E-state index >= 15 is 0 Å². The maximum Gasteiger partial charge on any atom is 0.0344 e. The minimum absolute atomic E-state index is 0.254. The standard InChI is InChI=1S/C8H12BrNS/c1-5-4-11-7(8(5)9)3-6(2)10/h4,6H,3,10H2,1-2H3/t6-/m0/s1. The van der Waals surface area contributed by atoms with Crippen LogP contribution in [0.15, 0.2) is 9.85 Å². The lowest BCUT2D eigenvalue weighted by Crippen LogP contribution is -2.17. The summed E-state index contributed by atoms with van der Waals surface area (Å²) >= 11 is 5.31. The molecule has 0 saturated heterocycles. The van der Waals surface area contributed by atoms with Gasteiger partial charge in [-0.05, 0) is 47.1 Å². The SMILES string of the molecule is Cc1csc(C[C@H](C)N)c1Br. The van der Waals surface area contributed by atoms with Gasteiger partial charge < -0.3 is 5.73 Å². The third-order valence-corrected chi connectivity index (χ3v) is 3.97. The quantitative estimate of drug-likeness (QED) is 0.836. The molecule has 1 rings (SSSR count). The zero-order valence-electron chi connectivity index (χ0n) is 6.73. The zero-order chi connectivity index (χ0) is 8.43. The Kier molecular flexibility index (Phi) is 3.10. The van der Waals surface area contributed by atoms with Crippen molar-refractivity contribution in [1.82, 2.24) is 0 Å². The van der Waals surface area contributed by atoms with Gasteiger partial charge in [0.15, 0.2) is 0 Å². The van der Waals surface area contributed by atoms with E-state index in [1.807, 2.05) is 6.92 Å². The maximum absolute atomic E-state index is 5.69. The Labute approximate surface area is 79.7 Å². The van der Waals surface area contributed by atoms with Crippen LogP contribution in [0.1, 0.15) is 17.4 Å². The van der Waals surface area contributed by atoms with Crippen LogP contribution in [0.2, 0.25) is 0 Å². The number of nitrogens with two attached hydrogens (primary N) is 1. The predicted molar refractivity (Wildman–Crippen MR) is 54.1 cm³/mol. The summed E-state index contributed by atoms with van der Waals surface area (Å²) in [5.41, 5.74) is 7.00. The highest BCUT2D eigenvalue weighted by molar-refractivity contribution is 9.10. The van der Waals surface area contributed by atoms with Gasteiger partial charge in [0.2, 0.25) is 0 Å². The third-order valence-electron chi connectivity index (χ3n) is 1.48. The van der Waals surface area contributed by atoms with Crippen molar-refractivity contribution in [3.8, 4) is 0 Å². The lowest BCUT2D eigenvalue weighted by atomic mass is 10.2. The number of hydrogen-bond acceptors (Lipinski definition) is 2. The van der Waals surface area contributed by atoms with Crippen molar-refractivity contribution in [2.24, 2.45) is 5.73 Å². The van der Waals surface area contributed by atoms with E-state index in [0.717, 1.165) is 6.42 Å². The molecule has 1 aromatic rings. The van der Waals surface area contributed by atoms with Crippen LogP contribution < -0.4 is 5.73 Å². The number of halogens is 1. The van der Waals surface area contributed by atoms with Crippen LogP contribution in [0, 0.1) is 6.92 Å². The first-order valence-electron chi connectivity index (χ1n) is 3.59. The van der Waals surface area contributed by atoms with E-state index in [1.165, 1.54) is 14.9 Å². The monoisotopic (exact) mass is 233 g/mol. The molecule has 1 nitrogen and oxygen atoms in total. The first kappa shape index (κ1) is 9.23. The van der Waals surface area contributed by atoms with Crippen LogP contribution in [0.25, 0.3) is 0 Å². The predicted octanol–water partition coefficient (Wildman–Crippen LogP) is 2.71. The number of hydrogen-bond donors (Lipinski definition) is 1. The van der Waals surface area contributed by atoms with Gasteiger partial charge in [0, 0.05) is 15.4 Å². The molecule has 0 aromatic carbocycles. The van der Waals surface area contributed by atoms with E-state index in [9.17, 15) is 0 Å². The Balaban J connectivity index is 2.79. The van der Waals surface area contributed by atoms with Crippen molar-refractivity contribution in [2.45, 2.75) is 26.3 Å². The van der Waals surface area contributed by atoms with E-state index in [0.29, 0.717) is 0 Å². The van der Waals surface area contributed by atoms with Gasteiger partial charge in [-0.1, -0.05) is 0 Å². The highest BCUT2D eigenvalue weighted by atomic mass is 79.9. The van der Waals surface area contributed by atoms with Crippen LogP contribution in [-0.4, -0.2) is 6.04 Å². The van der Waals surface area contributed by atoms with Crippen molar-refractivity contribution >= 4 is 27.3 Å². The molecule has 0 amide bonds. The van der Waals surface area contributed by atoms with Crippen LogP contribution in [-0.2, 0) is 6.42 Å². The fraction of sp³-hybridized carbons (Fsp3) is 0.500. The molecule has 0 aliphatic heterocycles. The first-order valence-corrected chi connectivity index (χ1v) is 5.26. The second-order valence-corrected chi connectivity index (χ2v) is 4.59. The molecule has 0 radical (unpaired) electrons. The van der Waals surface area contributed by atoms with E-state index in [4.69, 9.17) is 5.73 Å². The topological polar surface area (TPSA) is 26.0 Å². The Hall–Kier alpha value is 0.140. The zero-order valence-corrected chi connectivity index (χ0v) is 9.13. The Morgan fingerprint density at radius 3 is 2.73 bits per heavy atom. The molecule has 0 unspecified atom stereocenters. The van der Waals surface area contributed by atoms with Gasteiger partial charge in [-0.25, -0.2) is 0 Å². The summed E-state index contributed by atoms with van der Waals surface area (Å²) < 4.78 is 1.24. The van der Waals surface area contributed by atoms with Crippen molar-refractivity contribution < 1.29 is 0 Å². The van der Waals surface area contributed by atoms with Crippen LogP contribution in [0.3, 0.4) is 0 Å². The van der Waals surface area contributed by atoms with Crippen molar-refractivity contribution in [3.63, 3.8) is 0 Å². The fourth-order valence-corrected chi connectivity index (χ4v) is 2.68. The van der Waals surface area contributed by atoms with Crippen molar-refractivity contribution in [2.75, 3.05) is 0 Å². The Bertz CT molecular complexity index is 242. The summed E-state index contributed by atoms with van der Waals surface area (Å²) in [6, 6.07) is 0.254. The van der Waals surface area contributed by atoms with Gasteiger partial charge in [0.25, 0.3) is 0 Å². The number of thiophene rings is 1. The van der Waals surface area contributed by atoms with Gasteiger partial charge in [0.1, 0.15) is 0 Å². The molecule has 3 heteroatoms. The van der Waals surface area contributed by atoms with Gasteiger partial charge in [-0.15, -0.1) is 11.3 Å². The molecular weight excluding hydrogens is 222 g/mol. The summed E-state index contributed by atoms with van der Waals surface area (Å²) in [6.45, 7) is 4.13. The van der Waals surface area contributed by atoms with E-state index in [2.05, 4.69) is 28.2 Å². The molecule has 0 saturated carbocycles. The van der Waals surface area contributed by atoms with Crippen molar-refractivity contribution in [1.29, 1.82) is 0 Å². The smallest absolute Gasteiger partial charge is 0.0344 e. The van der Waals surface area contributed by atoms with E-state index in [-0.39, 0.29) is 6.04 Å². The molecule has 1 aromatic heterocycles. The summed E-state index contributed by atoms with van der Waals surface area (Å²) in [5, 5.41) is 2.15.